The van der Waals surface area contributed by atoms with Crippen molar-refractivity contribution in [3.63, 3.8) is 0 Å². The summed E-state index contributed by atoms with van der Waals surface area (Å²) in [5.74, 6) is -2.04. The van der Waals surface area contributed by atoms with E-state index in [4.69, 9.17) is 0 Å². The van der Waals surface area contributed by atoms with Crippen molar-refractivity contribution in [2.24, 2.45) is 16.7 Å². The predicted octanol–water partition coefficient (Wildman–Crippen LogP) is 3.97. The van der Waals surface area contributed by atoms with E-state index in [0.717, 1.165) is 12.1 Å². The van der Waals surface area contributed by atoms with E-state index in [-0.39, 0.29) is 22.4 Å². The van der Waals surface area contributed by atoms with Crippen molar-refractivity contribution < 1.29 is 13.7 Å². The van der Waals surface area contributed by atoms with Crippen molar-refractivity contribution >= 4 is 11.4 Å². The molecule has 0 heterocycles. The first-order valence-corrected chi connectivity index (χ1v) is 6.47. The Bertz CT molecular complexity index is 557. The minimum atomic E-state index is -1.20. The van der Waals surface area contributed by atoms with Gasteiger partial charge in [0, 0.05) is 12.6 Å². The normalized spacial score (nSPS) is 19.7. The molecule has 1 aromatic rings. The Labute approximate surface area is 116 Å². The van der Waals surface area contributed by atoms with Gasteiger partial charge in [-0.25, -0.2) is 8.78 Å². The number of nitrogens with zero attached hydrogens (tertiary/aromatic N) is 1. The standard InChI is InChI=1S/C14H18F2N2O2/c1-13(2)10(14(13,3)4)7-17-12-9(18(19)20)6-5-8(15)11(12)16/h5-6,10,17H,7H2,1-4H3. The summed E-state index contributed by atoms with van der Waals surface area (Å²) in [6, 6.07) is 1.74. The Morgan fingerprint density at radius 2 is 1.80 bits per heavy atom. The molecule has 2 rings (SSSR count). The Hall–Kier alpha value is -1.72. The maximum atomic E-state index is 13.7. The molecule has 110 valence electrons. The maximum Gasteiger partial charge on any atom is 0.295 e. The SMILES string of the molecule is CC1(C)C(CNc2c([N+](=O)[O-])ccc(F)c2F)C1(C)C. The summed E-state index contributed by atoms with van der Waals surface area (Å²) in [6.45, 7) is 8.75. The zero-order valence-electron chi connectivity index (χ0n) is 12.0. The van der Waals surface area contributed by atoms with Gasteiger partial charge in [0.1, 0.15) is 0 Å². The van der Waals surface area contributed by atoms with Crippen LogP contribution in [0.1, 0.15) is 27.7 Å². The number of nitro benzene ring substituents is 1. The monoisotopic (exact) mass is 284 g/mol. The van der Waals surface area contributed by atoms with Crippen molar-refractivity contribution in [3.8, 4) is 0 Å². The van der Waals surface area contributed by atoms with Gasteiger partial charge in [0.25, 0.3) is 5.69 Å². The van der Waals surface area contributed by atoms with E-state index in [0.29, 0.717) is 6.54 Å². The van der Waals surface area contributed by atoms with Crippen molar-refractivity contribution in [2.75, 3.05) is 11.9 Å². The average Bonchev–Trinajstić information content (AvgIpc) is 2.71. The number of benzene rings is 1. The minimum Gasteiger partial charge on any atom is -0.377 e. The molecular weight excluding hydrogens is 266 g/mol. The molecule has 1 N–H and O–H groups in total. The lowest BCUT2D eigenvalue weighted by Crippen LogP contribution is -2.11. The van der Waals surface area contributed by atoms with Crippen LogP contribution in [0.4, 0.5) is 20.2 Å². The molecule has 0 aromatic heterocycles. The molecule has 1 aliphatic rings. The number of hydrogen-bond acceptors (Lipinski definition) is 3. The van der Waals surface area contributed by atoms with E-state index in [1.54, 1.807) is 0 Å². The van der Waals surface area contributed by atoms with Crippen molar-refractivity contribution in [1.82, 2.24) is 0 Å². The molecule has 1 saturated carbocycles. The topological polar surface area (TPSA) is 55.2 Å². The van der Waals surface area contributed by atoms with Crippen LogP contribution in [-0.2, 0) is 0 Å². The molecule has 1 aliphatic carbocycles. The van der Waals surface area contributed by atoms with Crippen LogP contribution in [-0.4, -0.2) is 11.5 Å². The van der Waals surface area contributed by atoms with E-state index >= 15 is 0 Å². The summed E-state index contributed by atoms with van der Waals surface area (Å²) in [5.41, 5.74) is -0.675. The molecule has 0 amide bonds. The van der Waals surface area contributed by atoms with Crippen LogP contribution in [0.3, 0.4) is 0 Å². The smallest absolute Gasteiger partial charge is 0.295 e. The van der Waals surface area contributed by atoms with Gasteiger partial charge in [-0.1, -0.05) is 27.7 Å². The van der Waals surface area contributed by atoms with E-state index in [9.17, 15) is 18.9 Å². The van der Waals surface area contributed by atoms with Gasteiger partial charge >= 0.3 is 0 Å². The highest BCUT2D eigenvalue weighted by Gasteiger charge is 2.64. The Kier molecular flexibility index (Phi) is 3.23. The second kappa shape index (κ2) is 4.40. The fourth-order valence-electron chi connectivity index (χ4n) is 2.91. The summed E-state index contributed by atoms with van der Waals surface area (Å²) < 4.78 is 27.0. The van der Waals surface area contributed by atoms with Crippen LogP contribution >= 0.6 is 0 Å². The number of rotatable bonds is 4. The highest BCUT2D eigenvalue weighted by Crippen LogP contribution is 2.68. The fraction of sp³-hybridized carbons (Fsp3) is 0.571. The van der Waals surface area contributed by atoms with Gasteiger partial charge in [0.05, 0.1) is 4.92 Å². The van der Waals surface area contributed by atoms with Crippen LogP contribution in [0.15, 0.2) is 12.1 Å². The third kappa shape index (κ3) is 2.03. The molecule has 4 nitrogen and oxygen atoms in total. The minimum absolute atomic E-state index is 0.0680. The molecule has 0 atom stereocenters. The lowest BCUT2D eigenvalue weighted by molar-refractivity contribution is -0.384. The summed E-state index contributed by atoms with van der Waals surface area (Å²) in [7, 11) is 0. The summed E-state index contributed by atoms with van der Waals surface area (Å²) in [6.07, 6.45) is 0. The third-order valence-corrected chi connectivity index (χ3v) is 5.07. The molecule has 1 fully saturated rings. The zero-order valence-corrected chi connectivity index (χ0v) is 12.0. The van der Waals surface area contributed by atoms with E-state index in [1.807, 2.05) is 0 Å². The highest BCUT2D eigenvalue weighted by molar-refractivity contribution is 5.62. The zero-order chi connectivity index (χ0) is 15.3. The Morgan fingerprint density at radius 3 is 2.25 bits per heavy atom. The fourth-order valence-corrected chi connectivity index (χ4v) is 2.91. The Balaban J connectivity index is 2.22. The molecule has 0 aliphatic heterocycles. The number of anilines is 1. The van der Waals surface area contributed by atoms with E-state index < -0.39 is 22.2 Å². The van der Waals surface area contributed by atoms with Crippen molar-refractivity contribution in [1.29, 1.82) is 0 Å². The number of halogens is 2. The van der Waals surface area contributed by atoms with Crippen LogP contribution in [0, 0.1) is 38.5 Å². The first-order chi connectivity index (χ1) is 9.10. The molecule has 0 radical (unpaired) electrons. The number of nitrogens with one attached hydrogen (secondary N) is 1. The van der Waals surface area contributed by atoms with Crippen molar-refractivity contribution in [3.05, 3.63) is 33.9 Å². The van der Waals surface area contributed by atoms with Crippen LogP contribution in [0.5, 0.6) is 0 Å². The first-order valence-electron chi connectivity index (χ1n) is 6.47. The Morgan fingerprint density at radius 1 is 1.25 bits per heavy atom. The molecule has 0 saturated heterocycles. The molecule has 0 bridgehead atoms. The van der Waals surface area contributed by atoms with E-state index in [1.165, 1.54) is 0 Å². The van der Waals surface area contributed by atoms with Gasteiger partial charge < -0.3 is 5.32 Å². The average molecular weight is 284 g/mol. The summed E-state index contributed by atoms with van der Waals surface area (Å²) in [5, 5.41) is 13.6. The molecule has 6 heteroatoms. The molecule has 0 unspecified atom stereocenters. The van der Waals surface area contributed by atoms with Gasteiger partial charge in [-0.3, -0.25) is 10.1 Å². The van der Waals surface area contributed by atoms with E-state index in [2.05, 4.69) is 33.0 Å². The largest absolute Gasteiger partial charge is 0.377 e. The molecule has 1 aromatic carbocycles. The molecule has 20 heavy (non-hydrogen) atoms. The number of hydrogen-bond donors (Lipinski definition) is 1. The second-order valence-corrected chi connectivity index (χ2v) is 6.39. The lowest BCUT2D eigenvalue weighted by atomic mass is 10.0. The summed E-state index contributed by atoms with van der Waals surface area (Å²) >= 11 is 0. The number of nitro groups is 1. The second-order valence-electron chi connectivity index (χ2n) is 6.39. The maximum absolute atomic E-state index is 13.7. The highest BCUT2D eigenvalue weighted by atomic mass is 19.2. The van der Waals surface area contributed by atoms with Crippen LogP contribution in [0.25, 0.3) is 0 Å². The van der Waals surface area contributed by atoms with Crippen molar-refractivity contribution in [2.45, 2.75) is 27.7 Å². The summed E-state index contributed by atoms with van der Waals surface area (Å²) in [4.78, 5) is 10.2. The van der Waals surface area contributed by atoms with Gasteiger partial charge in [-0.05, 0) is 22.8 Å². The molecular formula is C14H18F2N2O2. The van der Waals surface area contributed by atoms with Gasteiger partial charge in [0.15, 0.2) is 17.3 Å². The van der Waals surface area contributed by atoms with Gasteiger partial charge in [0.2, 0.25) is 0 Å². The third-order valence-electron chi connectivity index (χ3n) is 5.07. The predicted molar refractivity (Wildman–Crippen MR) is 72.6 cm³/mol. The van der Waals surface area contributed by atoms with Crippen LogP contribution < -0.4 is 5.32 Å². The lowest BCUT2D eigenvalue weighted by Gasteiger charge is -2.09. The van der Waals surface area contributed by atoms with Gasteiger partial charge in [-0.2, -0.15) is 0 Å². The van der Waals surface area contributed by atoms with Crippen LogP contribution in [0.2, 0.25) is 0 Å². The van der Waals surface area contributed by atoms with Gasteiger partial charge in [-0.15, -0.1) is 0 Å². The first kappa shape index (κ1) is 14.7. The molecule has 0 spiro atoms. The quantitative estimate of drug-likeness (QED) is 0.672.